The maximum Gasteiger partial charge on any atom is 0.491 e. The van der Waals surface area contributed by atoms with Gasteiger partial charge in [-0.05, 0) is 23.2 Å². The van der Waals surface area contributed by atoms with Crippen molar-refractivity contribution in [1.29, 1.82) is 0 Å². The second kappa shape index (κ2) is 5.71. The first kappa shape index (κ1) is 13.4. The molecule has 0 saturated carbocycles. The number of methoxy groups -OCH3 is 1. The fourth-order valence-corrected chi connectivity index (χ4v) is 1.96. The molecule has 1 aliphatic rings. The Hall–Kier alpha value is -1.08. The third-order valence-corrected chi connectivity index (χ3v) is 2.94. The summed E-state index contributed by atoms with van der Waals surface area (Å²) in [6, 6.07) is 3.12. The summed E-state index contributed by atoms with van der Waals surface area (Å²) in [6.45, 7) is 0.761. The van der Waals surface area contributed by atoms with Crippen molar-refractivity contribution in [3.63, 3.8) is 0 Å². The molecule has 5 nitrogen and oxygen atoms in total. The fourth-order valence-electron chi connectivity index (χ4n) is 1.70. The zero-order valence-corrected chi connectivity index (χ0v) is 10.6. The van der Waals surface area contributed by atoms with Crippen LogP contribution >= 0.6 is 11.6 Å². The third-order valence-electron chi connectivity index (χ3n) is 2.63. The molecule has 1 N–H and O–H groups in total. The predicted molar refractivity (Wildman–Crippen MR) is 66.0 cm³/mol. The van der Waals surface area contributed by atoms with E-state index in [4.69, 9.17) is 25.7 Å². The minimum Gasteiger partial charge on any atom is -0.460 e. The van der Waals surface area contributed by atoms with E-state index in [0.29, 0.717) is 12.1 Å². The zero-order valence-electron chi connectivity index (χ0n) is 9.81. The molecular weight excluding hydrogens is 258 g/mol. The molecular formula is C11H12BClO5. The van der Waals surface area contributed by atoms with Crippen molar-refractivity contribution in [2.24, 2.45) is 0 Å². The summed E-state index contributed by atoms with van der Waals surface area (Å²) >= 11 is 5.99. The van der Waals surface area contributed by atoms with Gasteiger partial charge in [-0.15, -0.1) is 0 Å². The Labute approximate surface area is 110 Å². The van der Waals surface area contributed by atoms with Crippen molar-refractivity contribution in [2.75, 3.05) is 20.3 Å². The molecule has 0 spiro atoms. The van der Waals surface area contributed by atoms with E-state index in [1.54, 1.807) is 6.07 Å². The molecule has 0 bridgehead atoms. The monoisotopic (exact) mass is 270 g/mol. The molecule has 0 aliphatic carbocycles. The van der Waals surface area contributed by atoms with E-state index in [1.165, 1.54) is 13.2 Å². The molecule has 0 saturated heterocycles. The van der Waals surface area contributed by atoms with Crippen LogP contribution in [0.2, 0.25) is 5.02 Å². The molecule has 0 amide bonds. The second-order valence-electron chi connectivity index (χ2n) is 3.82. The maximum atomic E-state index is 11.8. The highest BCUT2D eigenvalue weighted by molar-refractivity contribution is 6.61. The van der Waals surface area contributed by atoms with Crippen LogP contribution in [0.15, 0.2) is 12.1 Å². The molecule has 0 aromatic heterocycles. The van der Waals surface area contributed by atoms with Crippen molar-refractivity contribution < 1.29 is 23.9 Å². The summed E-state index contributed by atoms with van der Waals surface area (Å²) in [6.07, 6.45) is 0. The average Bonchev–Trinajstić information content (AvgIpc) is 2.69. The van der Waals surface area contributed by atoms with Gasteiger partial charge in [0.25, 0.3) is 0 Å². The van der Waals surface area contributed by atoms with Gasteiger partial charge in [-0.2, -0.15) is 0 Å². The van der Waals surface area contributed by atoms with Crippen molar-refractivity contribution in [3.8, 4) is 0 Å². The van der Waals surface area contributed by atoms with Gasteiger partial charge in [0.05, 0.1) is 23.8 Å². The van der Waals surface area contributed by atoms with Gasteiger partial charge in [-0.3, -0.25) is 0 Å². The van der Waals surface area contributed by atoms with Gasteiger partial charge >= 0.3 is 13.1 Å². The first-order valence-electron chi connectivity index (χ1n) is 5.41. The largest absolute Gasteiger partial charge is 0.491 e. The number of halogens is 1. The van der Waals surface area contributed by atoms with Crippen LogP contribution in [0.3, 0.4) is 0 Å². The molecule has 0 fully saturated rings. The van der Waals surface area contributed by atoms with Gasteiger partial charge in [0.2, 0.25) is 0 Å². The van der Waals surface area contributed by atoms with Gasteiger partial charge in [0, 0.05) is 7.11 Å². The van der Waals surface area contributed by atoms with E-state index in [0.717, 1.165) is 5.56 Å². The Morgan fingerprint density at radius 2 is 2.33 bits per heavy atom. The molecule has 1 aliphatic heterocycles. The summed E-state index contributed by atoms with van der Waals surface area (Å²) in [5.41, 5.74) is 1.55. The summed E-state index contributed by atoms with van der Waals surface area (Å²) in [4.78, 5) is 11.8. The number of carbonyl (C=O) groups is 1. The number of carbonyl (C=O) groups excluding carboxylic acids is 1. The number of benzene rings is 1. The van der Waals surface area contributed by atoms with E-state index < -0.39 is 13.1 Å². The molecule has 96 valence electrons. The highest BCUT2D eigenvalue weighted by Crippen LogP contribution is 2.21. The third kappa shape index (κ3) is 2.67. The summed E-state index contributed by atoms with van der Waals surface area (Å²) in [5, 5.41) is 9.84. The number of hydrogen-bond donors (Lipinski definition) is 1. The highest BCUT2D eigenvalue weighted by atomic mass is 35.5. The van der Waals surface area contributed by atoms with Crippen LogP contribution in [0, 0.1) is 0 Å². The molecule has 18 heavy (non-hydrogen) atoms. The van der Waals surface area contributed by atoms with E-state index in [2.05, 4.69) is 0 Å². The van der Waals surface area contributed by atoms with Crippen molar-refractivity contribution in [1.82, 2.24) is 0 Å². The summed E-state index contributed by atoms with van der Waals surface area (Å²) < 4.78 is 14.8. The Kier molecular flexibility index (Phi) is 4.24. The van der Waals surface area contributed by atoms with Crippen LogP contribution in [0.1, 0.15) is 15.9 Å². The quantitative estimate of drug-likeness (QED) is 0.486. The van der Waals surface area contributed by atoms with Crippen molar-refractivity contribution in [3.05, 3.63) is 28.3 Å². The molecule has 0 atom stereocenters. The normalized spacial score (nSPS) is 13.6. The number of ether oxygens (including phenoxy) is 2. The summed E-state index contributed by atoms with van der Waals surface area (Å²) in [5.74, 6) is -0.543. The van der Waals surface area contributed by atoms with E-state index >= 15 is 0 Å². The predicted octanol–water partition coefficient (Wildman–Crippen LogP) is 0.361. The van der Waals surface area contributed by atoms with Gasteiger partial charge in [0.15, 0.2) is 0 Å². The average molecular weight is 270 g/mol. The molecule has 1 aromatic rings. The topological polar surface area (TPSA) is 65.0 Å². The van der Waals surface area contributed by atoms with Crippen LogP contribution in [-0.2, 0) is 20.7 Å². The van der Waals surface area contributed by atoms with Crippen molar-refractivity contribution in [2.45, 2.75) is 6.61 Å². The van der Waals surface area contributed by atoms with Gasteiger partial charge in [0.1, 0.15) is 6.61 Å². The van der Waals surface area contributed by atoms with Crippen LogP contribution < -0.4 is 5.46 Å². The number of fused-ring (bicyclic) bond motifs is 1. The zero-order chi connectivity index (χ0) is 13.1. The molecule has 0 unspecified atom stereocenters. The van der Waals surface area contributed by atoms with Crippen LogP contribution in [0.5, 0.6) is 0 Å². The molecule has 1 aromatic carbocycles. The second-order valence-corrected chi connectivity index (χ2v) is 4.23. The minimum absolute atomic E-state index is 0.155. The van der Waals surface area contributed by atoms with E-state index in [9.17, 15) is 9.82 Å². The number of esters is 1. The van der Waals surface area contributed by atoms with Gasteiger partial charge < -0.3 is 19.2 Å². The van der Waals surface area contributed by atoms with Gasteiger partial charge in [-0.1, -0.05) is 11.6 Å². The van der Waals surface area contributed by atoms with E-state index in [1.807, 2.05) is 0 Å². The van der Waals surface area contributed by atoms with Crippen LogP contribution in [-0.4, -0.2) is 38.4 Å². The maximum absolute atomic E-state index is 11.8. The fraction of sp³-hybridized carbons (Fsp3) is 0.364. The molecule has 0 radical (unpaired) electrons. The lowest BCUT2D eigenvalue weighted by Gasteiger charge is -2.08. The lowest BCUT2D eigenvalue weighted by Crippen LogP contribution is -2.29. The number of hydrogen-bond acceptors (Lipinski definition) is 5. The smallest absolute Gasteiger partial charge is 0.460 e. The highest BCUT2D eigenvalue weighted by Gasteiger charge is 2.29. The van der Waals surface area contributed by atoms with Crippen LogP contribution in [0.4, 0.5) is 0 Å². The molecule has 1 heterocycles. The molecule has 7 heteroatoms. The summed E-state index contributed by atoms with van der Waals surface area (Å²) in [7, 11) is 0.506. The Balaban J connectivity index is 2.18. The van der Waals surface area contributed by atoms with Crippen LogP contribution in [0.25, 0.3) is 0 Å². The lowest BCUT2D eigenvalue weighted by atomic mass is 9.79. The lowest BCUT2D eigenvalue weighted by molar-refractivity contribution is 0.0388. The molecule has 2 rings (SSSR count). The van der Waals surface area contributed by atoms with E-state index in [-0.39, 0.29) is 23.8 Å². The van der Waals surface area contributed by atoms with Gasteiger partial charge in [-0.25, -0.2) is 4.79 Å². The van der Waals surface area contributed by atoms with Crippen molar-refractivity contribution >= 4 is 30.2 Å². The Bertz CT molecular complexity index is 465. The Morgan fingerprint density at radius 3 is 3.06 bits per heavy atom. The first-order valence-corrected chi connectivity index (χ1v) is 5.79. The SMILES string of the molecule is COCCOC(=O)c1cc2c(cc1Cl)COB2O. The first-order chi connectivity index (χ1) is 8.63. The minimum atomic E-state index is -1.01. The standard InChI is InChI=1S/C11H12BClO5/c1-16-2-3-17-11(14)8-5-9-7(4-10(8)13)6-18-12(9)15/h4-5,15H,2-3,6H2,1H3. The Morgan fingerprint density at radius 1 is 1.56 bits per heavy atom. The number of rotatable bonds is 4.